The minimum absolute atomic E-state index is 0.0123. The van der Waals surface area contributed by atoms with Crippen molar-refractivity contribution in [2.24, 2.45) is 5.73 Å². The minimum Gasteiger partial charge on any atom is -0.494 e. The number of methoxy groups -OCH3 is 1. The van der Waals surface area contributed by atoms with Crippen molar-refractivity contribution in [3.63, 3.8) is 0 Å². The van der Waals surface area contributed by atoms with Gasteiger partial charge in [0.15, 0.2) is 0 Å². The Morgan fingerprint density at radius 3 is 2.59 bits per heavy atom. The van der Waals surface area contributed by atoms with Crippen LogP contribution in [0.2, 0.25) is 0 Å². The number of pyridine rings is 1. The maximum atomic E-state index is 14.9. The van der Waals surface area contributed by atoms with E-state index in [9.17, 15) is 41.4 Å². The van der Waals surface area contributed by atoms with Gasteiger partial charge < -0.3 is 36.3 Å². The smallest absolute Gasteiger partial charge is 0.424 e. The zero-order valence-corrected chi connectivity index (χ0v) is 25.9. The number of carbonyl (C=O) groups is 3. The molecular weight excluding hydrogens is 659 g/mol. The topological polar surface area (TPSA) is 193 Å². The highest BCUT2D eigenvalue weighted by Gasteiger charge is 2.58. The summed E-state index contributed by atoms with van der Waals surface area (Å²) >= 11 is 0. The highest BCUT2D eigenvalue weighted by molar-refractivity contribution is 6.15. The number of aromatic nitrogens is 1. The number of benzene rings is 1. The first-order chi connectivity index (χ1) is 22.9. The SMILES string of the molecule is COC1=CC(C(=O)NC[C@](O)(c2cc3c(c(-c4ccc5c(c4)C(F)(F)C(=O)N5)n2)OC[C@]3(C)C(N)=O)C(F)(F)F)=C/C(=C/[NH2+]C2CC2)C1=N. The van der Waals surface area contributed by atoms with Gasteiger partial charge in [-0.3, -0.25) is 19.8 Å². The lowest BCUT2D eigenvalue weighted by molar-refractivity contribution is -0.602. The van der Waals surface area contributed by atoms with Gasteiger partial charge in [-0.1, -0.05) is 6.07 Å². The highest BCUT2D eigenvalue weighted by atomic mass is 19.4. The van der Waals surface area contributed by atoms with E-state index in [0.29, 0.717) is 6.04 Å². The number of anilines is 1. The van der Waals surface area contributed by atoms with E-state index in [1.165, 1.54) is 32.3 Å². The van der Waals surface area contributed by atoms with Crippen LogP contribution in [-0.2, 0) is 36.1 Å². The third-order valence-corrected chi connectivity index (χ3v) is 8.96. The molecule has 0 spiro atoms. The number of allylic oxidation sites excluding steroid dienone is 2. The lowest BCUT2D eigenvalue weighted by atomic mass is 9.81. The van der Waals surface area contributed by atoms with Gasteiger partial charge in [-0.15, -0.1) is 0 Å². The van der Waals surface area contributed by atoms with E-state index in [4.69, 9.17) is 20.6 Å². The van der Waals surface area contributed by atoms with Crippen molar-refractivity contribution < 1.29 is 56.2 Å². The lowest BCUT2D eigenvalue weighted by Crippen LogP contribution is -2.80. The Balaban J connectivity index is 1.41. The summed E-state index contributed by atoms with van der Waals surface area (Å²) in [6, 6.07) is 4.25. The Labute approximate surface area is 274 Å². The molecule has 0 bridgehead atoms. The fourth-order valence-corrected chi connectivity index (χ4v) is 5.61. The number of hydrogen-bond donors (Lipinski definition) is 6. The molecule has 2 atom stereocenters. The number of nitrogens with one attached hydrogen (secondary N) is 3. The average Bonchev–Trinajstić information content (AvgIpc) is 3.77. The molecule has 1 aromatic heterocycles. The van der Waals surface area contributed by atoms with Gasteiger partial charge >= 0.3 is 12.1 Å². The summed E-state index contributed by atoms with van der Waals surface area (Å²) in [5.74, 6) is -7.87. The molecule has 6 rings (SSSR count). The first kappa shape index (κ1) is 33.7. The van der Waals surface area contributed by atoms with Crippen molar-refractivity contribution in [2.45, 2.75) is 48.9 Å². The van der Waals surface area contributed by atoms with Crippen LogP contribution in [0.5, 0.6) is 5.75 Å². The van der Waals surface area contributed by atoms with Gasteiger partial charge in [-0.05, 0) is 37.3 Å². The van der Waals surface area contributed by atoms with Crippen LogP contribution in [0.25, 0.3) is 11.3 Å². The van der Waals surface area contributed by atoms with Gasteiger partial charge in [0, 0.05) is 29.5 Å². The molecule has 3 amide bonds. The first-order valence-corrected chi connectivity index (χ1v) is 14.9. The van der Waals surface area contributed by atoms with Gasteiger partial charge in [0.05, 0.1) is 42.2 Å². The summed E-state index contributed by atoms with van der Waals surface area (Å²) in [5, 5.41) is 25.6. The number of halogens is 5. The van der Waals surface area contributed by atoms with Crippen molar-refractivity contribution in [2.75, 3.05) is 25.6 Å². The maximum absolute atomic E-state index is 14.9. The fraction of sp³-hybridized carbons (Fsp3) is 0.344. The summed E-state index contributed by atoms with van der Waals surface area (Å²) in [7, 11) is 1.27. The van der Waals surface area contributed by atoms with Crippen LogP contribution < -0.4 is 26.4 Å². The van der Waals surface area contributed by atoms with Crippen LogP contribution in [0.3, 0.4) is 0 Å². The van der Waals surface area contributed by atoms with Crippen molar-refractivity contribution >= 4 is 29.1 Å². The second-order valence-corrected chi connectivity index (χ2v) is 12.4. The Hall–Kier alpha value is -5.16. The Morgan fingerprint density at radius 2 is 1.96 bits per heavy atom. The number of carbonyl (C=O) groups excluding carboxylic acids is 3. The average molecular weight is 690 g/mol. The number of amides is 3. The second kappa shape index (κ2) is 11.5. The van der Waals surface area contributed by atoms with Crippen LogP contribution in [0.4, 0.5) is 27.6 Å². The summed E-state index contributed by atoms with van der Waals surface area (Å²) < 4.78 is 84.8. The predicted octanol–water partition coefficient (Wildman–Crippen LogP) is 1.89. The van der Waals surface area contributed by atoms with E-state index in [-0.39, 0.29) is 45.2 Å². The van der Waals surface area contributed by atoms with Gasteiger partial charge in [0.25, 0.3) is 11.8 Å². The minimum atomic E-state index is -5.50. The largest absolute Gasteiger partial charge is 0.494 e. The number of nitrogens with two attached hydrogens (primary N) is 2. The Bertz CT molecular complexity index is 1920. The molecule has 0 unspecified atom stereocenters. The highest BCUT2D eigenvalue weighted by Crippen LogP contribution is 2.49. The fourth-order valence-electron chi connectivity index (χ4n) is 5.61. The molecule has 1 saturated carbocycles. The maximum Gasteiger partial charge on any atom is 0.424 e. The van der Waals surface area contributed by atoms with E-state index >= 15 is 0 Å². The summed E-state index contributed by atoms with van der Waals surface area (Å²) in [4.78, 5) is 41.7. The number of primary amides is 1. The molecule has 17 heteroatoms. The standard InChI is InChI=1S/C32H29F5N6O6/c1-29(27(39)45)13-49-25-19(29)10-22(43-24(25)14-3-6-20-18(8-14)31(33,34)28(46)42-20)30(47,32(35,36)37)12-41-26(44)15-7-16(11-40-17-4-5-17)23(38)21(9-15)48-2/h3,6-11,17,38,40,47H,4-5,12-13H2,1-2H3,(H2,39,45)(H,41,44)(H,42,46)/p+1/b16-11-,38-23?/t29-,30-/m0/s1. The molecule has 12 nitrogen and oxygen atoms in total. The molecule has 49 heavy (non-hydrogen) atoms. The molecule has 0 saturated heterocycles. The predicted molar refractivity (Wildman–Crippen MR) is 161 cm³/mol. The Morgan fingerprint density at radius 1 is 1.24 bits per heavy atom. The molecule has 4 aliphatic rings. The normalized spacial score (nSPS) is 23.1. The zero-order chi connectivity index (χ0) is 35.7. The van der Waals surface area contributed by atoms with Crippen molar-refractivity contribution in [1.82, 2.24) is 10.3 Å². The van der Waals surface area contributed by atoms with Crippen LogP contribution in [0.1, 0.15) is 36.6 Å². The van der Waals surface area contributed by atoms with E-state index in [0.717, 1.165) is 31.0 Å². The zero-order valence-electron chi connectivity index (χ0n) is 25.9. The molecule has 258 valence electrons. The first-order valence-electron chi connectivity index (χ1n) is 14.9. The molecule has 2 aliphatic carbocycles. The monoisotopic (exact) mass is 689 g/mol. The van der Waals surface area contributed by atoms with Crippen LogP contribution in [0, 0.1) is 5.41 Å². The number of fused-ring (bicyclic) bond motifs is 2. The van der Waals surface area contributed by atoms with Gasteiger partial charge in [-0.25, -0.2) is 4.98 Å². The lowest BCUT2D eigenvalue weighted by Gasteiger charge is -2.31. The molecule has 2 aromatic rings. The molecular formula is C32H30F5N6O6+. The van der Waals surface area contributed by atoms with Crippen LogP contribution in [0.15, 0.2) is 59.5 Å². The number of hydrogen-bond acceptors (Lipinski definition) is 8. The third kappa shape index (κ3) is 5.61. The number of rotatable bonds is 9. The number of alkyl halides is 5. The Kier molecular flexibility index (Phi) is 7.90. The summed E-state index contributed by atoms with van der Waals surface area (Å²) in [5.41, 5.74) is -2.92. The molecule has 3 heterocycles. The molecule has 2 aliphatic heterocycles. The number of aliphatic hydroxyl groups is 1. The third-order valence-electron chi connectivity index (χ3n) is 8.96. The van der Waals surface area contributed by atoms with E-state index in [1.54, 1.807) is 6.20 Å². The van der Waals surface area contributed by atoms with Crippen LogP contribution in [-0.4, -0.2) is 66.0 Å². The van der Waals surface area contributed by atoms with E-state index in [2.05, 4.69) is 10.3 Å². The van der Waals surface area contributed by atoms with Gasteiger partial charge in [-0.2, -0.15) is 22.0 Å². The van der Waals surface area contributed by atoms with Crippen LogP contribution >= 0.6 is 0 Å². The molecule has 1 fully saturated rings. The van der Waals surface area contributed by atoms with E-state index in [1.807, 2.05) is 10.6 Å². The van der Waals surface area contributed by atoms with Crippen molar-refractivity contribution in [3.8, 4) is 17.0 Å². The van der Waals surface area contributed by atoms with Crippen molar-refractivity contribution in [1.29, 1.82) is 5.41 Å². The number of nitrogens with zero attached hydrogens (tertiary/aromatic N) is 1. The van der Waals surface area contributed by atoms with E-state index < -0.39 is 70.9 Å². The number of ether oxygens (including phenoxy) is 2. The van der Waals surface area contributed by atoms with Gasteiger partial charge in [0.1, 0.15) is 41.1 Å². The molecule has 8 N–H and O–H groups in total. The van der Waals surface area contributed by atoms with Gasteiger partial charge in [0.2, 0.25) is 11.5 Å². The summed E-state index contributed by atoms with van der Waals surface area (Å²) in [6.45, 7) is -0.627. The molecule has 0 radical (unpaired) electrons. The summed E-state index contributed by atoms with van der Waals surface area (Å²) in [6.07, 6.45) is 0.537. The van der Waals surface area contributed by atoms with Crippen molar-refractivity contribution in [3.05, 3.63) is 76.3 Å². The quantitative estimate of drug-likeness (QED) is 0.217. The molecule has 1 aromatic carbocycles. The second-order valence-electron chi connectivity index (χ2n) is 12.4. The number of quaternary nitrogens is 1.